The molecule has 2 aromatic rings. The average Bonchev–Trinajstić information content (AvgIpc) is 2.50. The molecule has 2 nitrogen and oxygen atoms in total. The van der Waals surface area contributed by atoms with E-state index in [1.54, 1.807) is 11.8 Å². The van der Waals surface area contributed by atoms with Gasteiger partial charge in [0.25, 0.3) is 0 Å². The van der Waals surface area contributed by atoms with Crippen molar-refractivity contribution in [3.63, 3.8) is 0 Å². The van der Waals surface area contributed by atoms with E-state index in [4.69, 9.17) is 0 Å². The molecule has 0 aliphatic rings. The van der Waals surface area contributed by atoms with Gasteiger partial charge in [0.15, 0.2) is 0 Å². The maximum absolute atomic E-state index is 11.9. The van der Waals surface area contributed by atoms with Crippen molar-refractivity contribution < 1.29 is 4.79 Å². The van der Waals surface area contributed by atoms with Crippen LogP contribution in [0.2, 0.25) is 0 Å². The molecular weight excluding hydrogens is 290 g/mol. The zero-order valence-corrected chi connectivity index (χ0v) is 14.3. The Balaban J connectivity index is 1.74. The molecule has 2 aromatic carbocycles. The lowest BCUT2D eigenvalue weighted by Gasteiger charge is -2.08. The van der Waals surface area contributed by atoms with E-state index >= 15 is 0 Å². The summed E-state index contributed by atoms with van der Waals surface area (Å²) in [5, 5.41) is 2.99. The predicted molar refractivity (Wildman–Crippen MR) is 94.3 cm³/mol. The zero-order valence-electron chi connectivity index (χ0n) is 13.5. The number of rotatable bonds is 6. The van der Waals surface area contributed by atoms with Crippen molar-refractivity contribution in [2.24, 2.45) is 0 Å². The van der Waals surface area contributed by atoms with Crippen LogP contribution in [0.25, 0.3) is 0 Å². The second-order valence-electron chi connectivity index (χ2n) is 5.55. The molecule has 0 heterocycles. The van der Waals surface area contributed by atoms with Crippen molar-refractivity contribution in [2.45, 2.75) is 38.6 Å². The molecule has 0 saturated carbocycles. The fraction of sp³-hybridized carbons (Fsp3) is 0.316. The van der Waals surface area contributed by atoms with Crippen molar-refractivity contribution >= 4 is 17.7 Å². The molecule has 0 spiro atoms. The molecule has 22 heavy (non-hydrogen) atoms. The number of benzene rings is 2. The van der Waals surface area contributed by atoms with E-state index in [-0.39, 0.29) is 5.91 Å². The molecule has 1 amide bonds. The molecule has 1 N–H and O–H groups in total. The first-order valence-electron chi connectivity index (χ1n) is 7.57. The van der Waals surface area contributed by atoms with E-state index in [2.05, 4.69) is 56.4 Å². The monoisotopic (exact) mass is 313 g/mol. The van der Waals surface area contributed by atoms with Crippen LogP contribution in [0.15, 0.2) is 47.4 Å². The Hall–Kier alpha value is -1.74. The van der Waals surface area contributed by atoms with Gasteiger partial charge in [0.05, 0.1) is 0 Å². The highest BCUT2D eigenvalue weighted by atomic mass is 32.2. The van der Waals surface area contributed by atoms with Gasteiger partial charge >= 0.3 is 0 Å². The van der Waals surface area contributed by atoms with Crippen molar-refractivity contribution in [3.8, 4) is 0 Å². The van der Waals surface area contributed by atoms with Gasteiger partial charge in [0, 0.05) is 23.6 Å². The van der Waals surface area contributed by atoms with Crippen LogP contribution in [0.5, 0.6) is 0 Å². The number of carbonyl (C=O) groups excluding carboxylic acids is 1. The predicted octanol–water partition coefficient (Wildman–Crippen LogP) is 4.41. The first-order valence-corrected chi connectivity index (χ1v) is 8.56. The lowest BCUT2D eigenvalue weighted by molar-refractivity contribution is -0.120. The van der Waals surface area contributed by atoms with Crippen molar-refractivity contribution in [1.82, 2.24) is 5.32 Å². The number of carbonyl (C=O) groups is 1. The first-order chi connectivity index (χ1) is 10.6. The number of nitrogens with one attached hydrogen (secondary N) is 1. The summed E-state index contributed by atoms with van der Waals surface area (Å²) < 4.78 is 0. The van der Waals surface area contributed by atoms with Crippen molar-refractivity contribution in [2.75, 3.05) is 5.75 Å². The Labute approximate surface area is 137 Å². The Kier molecular flexibility index (Phi) is 6.08. The molecule has 3 heteroatoms. The number of aryl methyl sites for hydroxylation is 3. The van der Waals surface area contributed by atoms with Crippen LogP contribution in [-0.2, 0) is 11.3 Å². The summed E-state index contributed by atoms with van der Waals surface area (Å²) in [7, 11) is 0. The molecular formula is C19H23NOS. The lowest BCUT2D eigenvalue weighted by Crippen LogP contribution is -2.23. The van der Waals surface area contributed by atoms with Gasteiger partial charge < -0.3 is 5.32 Å². The van der Waals surface area contributed by atoms with Crippen LogP contribution >= 0.6 is 11.8 Å². The highest BCUT2D eigenvalue weighted by molar-refractivity contribution is 7.99. The highest BCUT2D eigenvalue weighted by Crippen LogP contribution is 2.21. The molecule has 0 aromatic heterocycles. The maximum atomic E-state index is 11.9. The molecule has 0 unspecified atom stereocenters. The van der Waals surface area contributed by atoms with E-state index < -0.39 is 0 Å². The Morgan fingerprint density at radius 1 is 1.00 bits per heavy atom. The summed E-state index contributed by atoms with van der Waals surface area (Å²) in [5.41, 5.74) is 5.00. The third-order valence-electron chi connectivity index (χ3n) is 3.81. The number of amides is 1. The first kappa shape index (κ1) is 16.6. The summed E-state index contributed by atoms with van der Waals surface area (Å²) in [5.74, 6) is 0.918. The summed E-state index contributed by atoms with van der Waals surface area (Å²) in [4.78, 5) is 13.1. The third-order valence-corrected chi connectivity index (χ3v) is 4.81. The minimum atomic E-state index is 0.111. The topological polar surface area (TPSA) is 29.1 Å². The van der Waals surface area contributed by atoms with Gasteiger partial charge in [0.1, 0.15) is 0 Å². The van der Waals surface area contributed by atoms with Crippen molar-refractivity contribution in [3.05, 3.63) is 64.7 Å². The van der Waals surface area contributed by atoms with Crippen LogP contribution in [0.1, 0.15) is 28.7 Å². The molecule has 116 valence electrons. The van der Waals surface area contributed by atoms with E-state index in [1.165, 1.54) is 27.1 Å². The standard InChI is InChI=1S/C19H23NOS/c1-14-8-9-18(12-16(14)3)22-11-10-19(21)20-13-17-7-5-4-6-15(17)2/h4-9,12H,10-11,13H2,1-3H3,(H,20,21). The molecule has 0 saturated heterocycles. The molecule has 0 atom stereocenters. The maximum Gasteiger partial charge on any atom is 0.221 e. The minimum absolute atomic E-state index is 0.111. The normalized spacial score (nSPS) is 10.5. The SMILES string of the molecule is Cc1ccc(SCCC(=O)NCc2ccccc2C)cc1C. The highest BCUT2D eigenvalue weighted by Gasteiger charge is 2.04. The zero-order chi connectivity index (χ0) is 15.9. The Morgan fingerprint density at radius 3 is 2.50 bits per heavy atom. The number of hydrogen-bond acceptors (Lipinski definition) is 2. The van der Waals surface area contributed by atoms with Gasteiger partial charge in [0.2, 0.25) is 5.91 Å². The third kappa shape index (κ3) is 4.92. The van der Waals surface area contributed by atoms with Gasteiger partial charge in [-0.1, -0.05) is 30.3 Å². The molecule has 0 bridgehead atoms. The summed E-state index contributed by atoms with van der Waals surface area (Å²) >= 11 is 1.74. The van der Waals surface area contributed by atoms with Gasteiger partial charge in [-0.3, -0.25) is 4.79 Å². The van der Waals surface area contributed by atoms with Gasteiger partial charge in [-0.25, -0.2) is 0 Å². The van der Waals surface area contributed by atoms with Gasteiger partial charge in [-0.2, -0.15) is 0 Å². The largest absolute Gasteiger partial charge is 0.352 e. The van der Waals surface area contributed by atoms with Gasteiger partial charge in [-0.05, 0) is 55.2 Å². The van der Waals surface area contributed by atoms with Crippen LogP contribution < -0.4 is 5.32 Å². The smallest absolute Gasteiger partial charge is 0.221 e. The van der Waals surface area contributed by atoms with E-state index in [1.807, 2.05) is 12.1 Å². The van der Waals surface area contributed by atoms with E-state index in [0.29, 0.717) is 13.0 Å². The van der Waals surface area contributed by atoms with Crippen LogP contribution in [0, 0.1) is 20.8 Å². The van der Waals surface area contributed by atoms with Crippen LogP contribution in [0.4, 0.5) is 0 Å². The van der Waals surface area contributed by atoms with Crippen LogP contribution in [-0.4, -0.2) is 11.7 Å². The quantitative estimate of drug-likeness (QED) is 0.800. The molecule has 0 radical (unpaired) electrons. The van der Waals surface area contributed by atoms with E-state index in [9.17, 15) is 4.79 Å². The Bertz CT molecular complexity index is 652. The van der Waals surface area contributed by atoms with E-state index in [0.717, 1.165) is 5.75 Å². The second-order valence-corrected chi connectivity index (χ2v) is 6.72. The fourth-order valence-corrected chi connectivity index (χ4v) is 3.10. The number of hydrogen-bond donors (Lipinski definition) is 1. The summed E-state index contributed by atoms with van der Waals surface area (Å²) in [6.45, 7) is 6.91. The fourth-order valence-electron chi connectivity index (χ4n) is 2.16. The van der Waals surface area contributed by atoms with Crippen LogP contribution in [0.3, 0.4) is 0 Å². The molecule has 0 aliphatic carbocycles. The second kappa shape index (κ2) is 8.04. The molecule has 0 aliphatic heterocycles. The summed E-state index contributed by atoms with van der Waals surface area (Å²) in [6, 6.07) is 14.6. The molecule has 2 rings (SSSR count). The number of thioether (sulfide) groups is 1. The van der Waals surface area contributed by atoms with Crippen molar-refractivity contribution in [1.29, 1.82) is 0 Å². The van der Waals surface area contributed by atoms with Gasteiger partial charge in [-0.15, -0.1) is 11.8 Å². The Morgan fingerprint density at radius 2 is 1.77 bits per heavy atom. The summed E-state index contributed by atoms with van der Waals surface area (Å²) in [6.07, 6.45) is 0.545. The molecule has 0 fully saturated rings. The minimum Gasteiger partial charge on any atom is -0.352 e. The average molecular weight is 313 g/mol. The lowest BCUT2D eigenvalue weighted by atomic mass is 10.1.